The van der Waals surface area contributed by atoms with Gasteiger partial charge < -0.3 is 14.6 Å². The summed E-state index contributed by atoms with van der Waals surface area (Å²) in [5, 5.41) is 24.5. The van der Waals surface area contributed by atoms with E-state index in [9.17, 15) is 9.59 Å². The molecule has 8 heteroatoms. The van der Waals surface area contributed by atoms with Crippen molar-refractivity contribution in [1.29, 1.82) is 0 Å². The van der Waals surface area contributed by atoms with Gasteiger partial charge in [-0.3, -0.25) is 0 Å². The average molecular weight is 237 g/mol. The van der Waals surface area contributed by atoms with Crippen LogP contribution in [0, 0.1) is 0 Å². The van der Waals surface area contributed by atoms with E-state index in [0.717, 1.165) is 10.9 Å². The van der Waals surface area contributed by atoms with E-state index in [1.54, 1.807) is 0 Å². The molecular formula is C9H7N3O5. The van der Waals surface area contributed by atoms with Crippen molar-refractivity contribution in [3.63, 3.8) is 0 Å². The lowest BCUT2D eigenvalue weighted by Crippen LogP contribution is -2.10. The van der Waals surface area contributed by atoms with Gasteiger partial charge in [0.1, 0.15) is 12.3 Å². The van der Waals surface area contributed by atoms with Crippen molar-refractivity contribution in [3.05, 3.63) is 35.5 Å². The van der Waals surface area contributed by atoms with Crippen molar-refractivity contribution in [3.8, 4) is 0 Å². The molecule has 0 saturated heterocycles. The number of rotatable bonds is 4. The molecule has 0 aromatic carbocycles. The summed E-state index contributed by atoms with van der Waals surface area (Å²) in [7, 11) is 0. The van der Waals surface area contributed by atoms with Crippen molar-refractivity contribution in [2.75, 3.05) is 0 Å². The van der Waals surface area contributed by atoms with E-state index in [1.165, 1.54) is 12.1 Å². The zero-order valence-electron chi connectivity index (χ0n) is 8.40. The van der Waals surface area contributed by atoms with Gasteiger partial charge in [0.25, 0.3) is 0 Å². The molecule has 0 aliphatic carbocycles. The van der Waals surface area contributed by atoms with Gasteiger partial charge in [0.15, 0.2) is 5.69 Å². The van der Waals surface area contributed by atoms with E-state index in [0.29, 0.717) is 0 Å². The molecule has 0 spiro atoms. The van der Waals surface area contributed by atoms with E-state index in [4.69, 9.17) is 14.6 Å². The second-order valence-corrected chi connectivity index (χ2v) is 3.15. The lowest BCUT2D eigenvalue weighted by atomic mass is 10.4. The van der Waals surface area contributed by atoms with Crippen molar-refractivity contribution in [2.24, 2.45) is 0 Å². The minimum atomic E-state index is -1.19. The lowest BCUT2D eigenvalue weighted by molar-refractivity contribution is 0.0653. The van der Waals surface area contributed by atoms with Crippen molar-refractivity contribution >= 4 is 11.9 Å². The lowest BCUT2D eigenvalue weighted by Gasteiger charge is -1.99. The van der Waals surface area contributed by atoms with Crippen molar-refractivity contribution in [1.82, 2.24) is 15.0 Å². The van der Waals surface area contributed by atoms with E-state index < -0.39 is 11.9 Å². The summed E-state index contributed by atoms with van der Waals surface area (Å²) in [5.74, 6) is -2.28. The maximum absolute atomic E-state index is 10.8. The number of hydrogen-bond acceptors (Lipinski definition) is 5. The van der Waals surface area contributed by atoms with Gasteiger partial charge in [-0.25, -0.2) is 14.3 Å². The molecule has 0 aliphatic rings. The molecule has 0 aliphatic heterocycles. The second-order valence-electron chi connectivity index (χ2n) is 3.15. The van der Waals surface area contributed by atoms with Gasteiger partial charge in [-0.1, -0.05) is 5.21 Å². The van der Waals surface area contributed by atoms with Gasteiger partial charge in [0.05, 0.1) is 6.20 Å². The average Bonchev–Trinajstić information content (AvgIpc) is 2.86. The summed E-state index contributed by atoms with van der Waals surface area (Å²) in [6, 6.07) is 2.73. The number of carbonyl (C=O) groups is 2. The van der Waals surface area contributed by atoms with Gasteiger partial charge in [-0.05, 0) is 12.1 Å². The van der Waals surface area contributed by atoms with Crippen LogP contribution in [0.4, 0.5) is 0 Å². The second kappa shape index (κ2) is 4.08. The number of aromatic nitrogens is 3. The minimum Gasteiger partial charge on any atom is -0.476 e. The molecule has 0 fully saturated rings. The molecule has 0 unspecified atom stereocenters. The Bertz CT molecular complexity index is 571. The molecular weight excluding hydrogens is 230 g/mol. The fourth-order valence-electron chi connectivity index (χ4n) is 1.27. The third-order valence-electron chi connectivity index (χ3n) is 2.01. The highest BCUT2D eigenvalue weighted by atomic mass is 16.4. The van der Waals surface area contributed by atoms with Crippen LogP contribution in [0.3, 0.4) is 0 Å². The Hall–Kier alpha value is -2.64. The molecule has 2 aromatic rings. The summed E-state index contributed by atoms with van der Waals surface area (Å²) < 4.78 is 6.08. The van der Waals surface area contributed by atoms with Crippen LogP contribution in [-0.4, -0.2) is 37.1 Å². The molecule has 17 heavy (non-hydrogen) atoms. The predicted octanol–water partition coefficient (Wildman–Crippen LogP) is 0.316. The fraction of sp³-hybridized carbons (Fsp3) is 0.111. The van der Waals surface area contributed by atoms with E-state index in [1.807, 2.05) is 0 Å². The first kappa shape index (κ1) is 10.9. The first-order chi connectivity index (χ1) is 8.08. The van der Waals surface area contributed by atoms with Crippen LogP contribution in [0.25, 0.3) is 0 Å². The SMILES string of the molecule is O=C(O)c1ccc(Cn2nncc2C(=O)O)o1. The van der Waals surface area contributed by atoms with Gasteiger partial charge in [-0.15, -0.1) is 5.10 Å². The van der Waals surface area contributed by atoms with E-state index in [2.05, 4.69) is 10.3 Å². The van der Waals surface area contributed by atoms with Crippen LogP contribution >= 0.6 is 0 Å². The Balaban J connectivity index is 2.22. The molecule has 2 aromatic heterocycles. The molecule has 0 saturated carbocycles. The van der Waals surface area contributed by atoms with Crippen molar-refractivity contribution in [2.45, 2.75) is 6.54 Å². The Morgan fingerprint density at radius 2 is 2.06 bits per heavy atom. The molecule has 0 atom stereocenters. The summed E-state index contributed by atoms with van der Waals surface area (Å²) >= 11 is 0. The van der Waals surface area contributed by atoms with Crippen LogP contribution < -0.4 is 0 Å². The maximum Gasteiger partial charge on any atom is 0.371 e. The fourth-order valence-corrected chi connectivity index (χ4v) is 1.27. The normalized spacial score (nSPS) is 10.4. The first-order valence-electron chi connectivity index (χ1n) is 4.51. The van der Waals surface area contributed by atoms with Crippen LogP contribution in [-0.2, 0) is 6.54 Å². The number of furan rings is 1. The number of aromatic carboxylic acids is 2. The molecule has 0 bridgehead atoms. The Morgan fingerprint density at radius 1 is 1.29 bits per heavy atom. The molecule has 0 amide bonds. The van der Waals surface area contributed by atoms with Crippen LogP contribution in [0.5, 0.6) is 0 Å². The van der Waals surface area contributed by atoms with Gasteiger partial charge in [0.2, 0.25) is 5.76 Å². The highest BCUT2D eigenvalue weighted by Crippen LogP contribution is 2.10. The molecule has 8 nitrogen and oxygen atoms in total. The Morgan fingerprint density at radius 3 is 2.65 bits per heavy atom. The zero-order chi connectivity index (χ0) is 12.4. The van der Waals surface area contributed by atoms with E-state index >= 15 is 0 Å². The van der Waals surface area contributed by atoms with Gasteiger partial charge in [-0.2, -0.15) is 0 Å². The molecule has 2 rings (SSSR count). The quantitative estimate of drug-likeness (QED) is 0.785. The highest BCUT2D eigenvalue weighted by molar-refractivity contribution is 5.85. The Labute approximate surface area is 94.1 Å². The smallest absolute Gasteiger partial charge is 0.371 e. The summed E-state index contributed by atoms with van der Waals surface area (Å²) in [5.41, 5.74) is -0.0988. The third kappa shape index (κ3) is 2.14. The van der Waals surface area contributed by atoms with Gasteiger partial charge in [0, 0.05) is 0 Å². The first-order valence-corrected chi connectivity index (χ1v) is 4.51. The number of carboxylic acid groups (broad SMARTS) is 2. The summed E-state index contributed by atoms with van der Waals surface area (Å²) in [4.78, 5) is 21.3. The molecule has 2 N–H and O–H groups in total. The molecule has 2 heterocycles. The minimum absolute atomic E-state index is 0.00884. The highest BCUT2D eigenvalue weighted by Gasteiger charge is 2.14. The summed E-state index contributed by atoms with van der Waals surface area (Å²) in [6.45, 7) is 0.00884. The van der Waals surface area contributed by atoms with Gasteiger partial charge >= 0.3 is 11.9 Å². The maximum atomic E-state index is 10.8. The number of nitrogens with zero attached hydrogens (tertiary/aromatic N) is 3. The number of hydrogen-bond donors (Lipinski definition) is 2. The number of carboxylic acids is 2. The summed E-state index contributed by atoms with van der Waals surface area (Å²) in [6.07, 6.45) is 1.10. The van der Waals surface area contributed by atoms with E-state index in [-0.39, 0.29) is 23.8 Å². The monoisotopic (exact) mass is 237 g/mol. The van der Waals surface area contributed by atoms with Crippen LogP contribution in [0.2, 0.25) is 0 Å². The standard InChI is InChI=1S/C9H7N3O5/c13-8(14)6-3-10-11-12(6)4-5-1-2-7(17-5)9(15)16/h1-3H,4H2,(H,13,14)(H,15,16). The largest absolute Gasteiger partial charge is 0.476 e. The zero-order valence-corrected chi connectivity index (χ0v) is 8.40. The topological polar surface area (TPSA) is 118 Å². The Kier molecular flexibility index (Phi) is 2.61. The predicted molar refractivity (Wildman–Crippen MR) is 51.8 cm³/mol. The van der Waals surface area contributed by atoms with Crippen LogP contribution in [0.1, 0.15) is 26.8 Å². The third-order valence-corrected chi connectivity index (χ3v) is 2.01. The van der Waals surface area contributed by atoms with Crippen LogP contribution in [0.15, 0.2) is 22.7 Å². The van der Waals surface area contributed by atoms with Crippen molar-refractivity contribution < 1.29 is 24.2 Å². The molecule has 0 radical (unpaired) electrons. The molecule has 88 valence electrons.